The Morgan fingerprint density at radius 2 is 1.22 bits per heavy atom. The predicted molar refractivity (Wildman–Crippen MR) is 224 cm³/mol. The van der Waals surface area contributed by atoms with Gasteiger partial charge in [-0.15, -0.1) is 0 Å². The Morgan fingerprint density at radius 3 is 1.80 bits per heavy atom. The highest BCUT2D eigenvalue weighted by Gasteiger charge is 2.36. The van der Waals surface area contributed by atoms with Crippen molar-refractivity contribution in [1.29, 1.82) is 0 Å². The summed E-state index contributed by atoms with van der Waals surface area (Å²) in [5.41, 5.74) is 2.75. The highest BCUT2D eigenvalue weighted by Crippen LogP contribution is 2.58. The number of nitrogens with zero attached hydrogens (tertiary/aromatic N) is 1. The number of fused-ring (bicyclic) bond motifs is 1. The van der Waals surface area contributed by atoms with Crippen molar-refractivity contribution in [2.75, 3.05) is 39.7 Å². The molecule has 1 atom stereocenters. The van der Waals surface area contributed by atoms with Gasteiger partial charge in [-0.2, -0.15) is 0 Å². The highest BCUT2D eigenvalue weighted by atomic mass is 16.5. The first kappa shape index (κ1) is 38.9. The molecular formula is C45H56N2O7. The summed E-state index contributed by atoms with van der Waals surface area (Å²) in [6.45, 7) is 9.71. The van der Waals surface area contributed by atoms with Crippen LogP contribution in [0.3, 0.4) is 0 Å². The molecule has 0 fully saturated rings. The molecular weight excluding hydrogens is 681 g/mol. The number of hydrogen-bond donors (Lipinski definition) is 3. The third kappa shape index (κ3) is 6.64. The van der Waals surface area contributed by atoms with E-state index in [1.807, 2.05) is 13.8 Å². The van der Waals surface area contributed by atoms with E-state index in [1.54, 1.807) is 0 Å². The standard InChI is InChI=1S/C45H56N2O7/c1-8-10-12-14-16-18-20-46-26(4)32-25(3)22-27-33-38-34(43(50)42(27)47-21-19-17-15-13-11-9-2)28(48)23-30(52-5)36(38)37-31(53-6)24-29(49)35-40(37)39(33)41(32)45(54-7)44(35)51/h22-24,32,47,50-51H,8-21H2,1-7H3. The molecule has 9 heteroatoms. The molecule has 0 radical (unpaired) electrons. The zero-order chi connectivity index (χ0) is 38.7. The molecule has 5 aromatic rings. The van der Waals surface area contributed by atoms with Crippen LogP contribution in [-0.2, 0) is 0 Å². The van der Waals surface area contributed by atoms with Gasteiger partial charge in [0.1, 0.15) is 11.5 Å². The summed E-state index contributed by atoms with van der Waals surface area (Å²) in [5, 5.41) is 31.4. The van der Waals surface area contributed by atoms with Crippen LogP contribution in [0.25, 0.3) is 49.2 Å². The van der Waals surface area contributed by atoms with Crippen LogP contribution in [0.5, 0.6) is 28.7 Å². The molecule has 1 unspecified atom stereocenters. The Kier molecular flexibility index (Phi) is 12.0. The molecule has 9 nitrogen and oxygen atoms in total. The fourth-order valence-electron chi connectivity index (χ4n) is 8.82. The quantitative estimate of drug-likeness (QED) is 0.0251. The second-order valence-corrected chi connectivity index (χ2v) is 14.9. The molecule has 54 heavy (non-hydrogen) atoms. The van der Waals surface area contributed by atoms with Gasteiger partial charge in [0.2, 0.25) is 0 Å². The van der Waals surface area contributed by atoms with Crippen molar-refractivity contribution >= 4 is 60.6 Å². The van der Waals surface area contributed by atoms with E-state index in [9.17, 15) is 19.8 Å². The molecule has 0 heterocycles. The number of unbranched alkanes of at least 4 members (excludes halogenated alkanes) is 10. The first-order chi connectivity index (χ1) is 26.2. The Bertz CT molecular complexity index is 2350. The Balaban J connectivity index is 1.73. The topological polar surface area (TPSA) is 127 Å². The maximum absolute atomic E-state index is 14.1. The van der Waals surface area contributed by atoms with Crippen molar-refractivity contribution in [2.24, 2.45) is 4.99 Å². The van der Waals surface area contributed by atoms with Gasteiger partial charge in [-0.25, -0.2) is 0 Å². The molecule has 0 bridgehead atoms. The first-order valence-electron chi connectivity index (χ1n) is 19.8. The second-order valence-electron chi connectivity index (χ2n) is 14.9. The lowest BCUT2D eigenvalue weighted by Crippen LogP contribution is -2.15. The summed E-state index contributed by atoms with van der Waals surface area (Å²) in [5.74, 6) is -0.110. The number of rotatable bonds is 19. The van der Waals surface area contributed by atoms with Gasteiger partial charge >= 0.3 is 0 Å². The molecule has 0 aliphatic heterocycles. The minimum atomic E-state index is -0.450. The molecule has 6 rings (SSSR count). The number of phenols is 2. The van der Waals surface area contributed by atoms with Crippen LogP contribution < -0.4 is 30.4 Å². The normalized spacial score (nSPS) is 14.5. The summed E-state index contributed by atoms with van der Waals surface area (Å²) in [6.07, 6.45) is 15.6. The average molecular weight is 737 g/mol. The number of phenolic OH excluding ortho intramolecular Hbond substituents is 2. The molecule has 1 aliphatic carbocycles. The molecule has 0 spiro atoms. The molecule has 1 aliphatic rings. The maximum atomic E-state index is 14.1. The molecule has 3 N–H and O–H groups in total. The number of aromatic hydroxyl groups is 2. The third-order valence-corrected chi connectivity index (χ3v) is 11.4. The van der Waals surface area contributed by atoms with E-state index in [2.05, 4.69) is 25.2 Å². The van der Waals surface area contributed by atoms with Crippen LogP contribution in [0.4, 0.5) is 5.69 Å². The van der Waals surface area contributed by atoms with Crippen LogP contribution >= 0.6 is 0 Å². The van der Waals surface area contributed by atoms with E-state index in [0.29, 0.717) is 62.2 Å². The zero-order valence-electron chi connectivity index (χ0n) is 33.1. The van der Waals surface area contributed by atoms with Gasteiger partial charge in [0.25, 0.3) is 0 Å². The summed E-state index contributed by atoms with van der Waals surface area (Å²) in [7, 11) is 4.49. The van der Waals surface area contributed by atoms with Crippen molar-refractivity contribution < 1.29 is 24.4 Å². The monoisotopic (exact) mass is 736 g/mol. The van der Waals surface area contributed by atoms with Crippen LogP contribution in [0.2, 0.25) is 0 Å². The number of hydrogen-bond acceptors (Lipinski definition) is 9. The van der Waals surface area contributed by atoms with Crippen LogP contribution in [-0.4, -0.2) is 50.3 Å². The Hall–Kier alpha value is -4.79. The van der Waals surface area contributed by atoms with Gasteiger partial charge in [-0.05, 0) is 32.1 Å². The summed E-state index contributed by atoms with van der Waals surface area (Å²) in [4.78, 5) is 33.3. The summed E-state index contributed by atoms with van der Waals surface area (Å²) >= 11 is 0. The lowest BCUT2D eigenvalue weighted by molar-refractivity contribution is 0.373. The minimum Gasteiger partial charge on any atom is -0.505 e. The van der Waals surface area contributed by atoms with Gasteiger partial charge in [-0.1, -0.05) is 89.7 Å². The second kappa shape index (κ2) is 16.7. The van der Waals surface area contributed by atoms with Crippen LogP contribution in [0.1, 0.15) is 122 Å². The zero-order valence-corrected chi connectivity index (χ0v) is 33.1. The van der Waals surface area contributed by atoms with E-state index in [0.717, 1.165) is 43.4 Å². The number of benzene rings is 5. The van der Waals surface area contributed by atoms with Gasteiger partial charge in [0.15, 0.2) is 28.1 Å². The number of nitrogens with one attached hydrogen (secondary N) is 1. The fraction of sp³-hybridized carbons (Fsp3) is 0.489. The van der Waals surface area contributed by atoms with E-state index >= 15 is 0 Å². The fourth-order valence-corrected chi connectivity index (χ4v) is 8.82. The van der Waals surface area contributed by atoms with Gasteiger partial charge < -0.3 is 29.7 Å². The maximum Gasteiger partial charge on any atom is 0.194 e. The van der Waals surface area contributed by atoms with Crippen molar-refractivity contribution in [3.05, 3.63) is 49.3 Å². The van der Waals surface area contributed by atoms with Crippen LogP contribution in [0.15, 0.2) is 32.3 Å². The first-order valence-corrected chi connectivity index (χ1v) is 19.8. The molecule has 5 aromatic carbocycles. The van der Waals surface area contributed by atoms with Crippen molar-refractivity contribution in [1.82, 2.24) is 0 Å². The SMILES string of the molecule is CCCCCCCCN=C(C)C1C(C)=Cc2c(NCCCCCCCC)c(O)c3c(=O)cc(OC)c4c5c(OC)cc(=O)c6c(O)c(OC)c1c(c2c34)c65. The number of anilines is 1. The lowest BCUT2D eigenvalue weighted by atomic mass is 9.80. The summed E-state index contributed by atoms with van der Waals surface area (Å²) < 4.78 is 17.8. The minimum absolute atomic E-state index is 0.0917. The summed E-state index contributed by atoms with van der Waals surface area (Å²) in [6, 6.07) is 2.74. The molecule has 0 aromatic heterocycles. The van der Waals surface area contributed by atoms with Gasteiger partial charge in [0.05, 0.1) is 37.8 Å². The van der Waals surface area contributed by atoms with Crippen molar-refractivity contribution in [3.8, 4) is 28.7 Å². The number of ether oxygens (including phenoxy) is 3. The Labute approximate surface area is 317 Å². The molecule has 288 valence electrons. The number of aliphatic imine (C=N–C) groups is 1. The van der Waals surface area contributed by atoms with E-state index in [4.69, 9.17) is 19.2 Å². The average Bonchev–Trinajstić information content (AvgIpc) is 3.29. The van der Waals surface area contributed by atoms with Gasteiger partial charge in [-0.3, -0.25) is 14.6 Å². The van der Waals surface area contributed by atoms with E-state index in [1.165, 1.54) is 78.4 Å². The van der Waals surface area contributed by atoms with E-state index in [-0.39, 0.29) is 39.5 Å². The number of allylic oxidation sites excluding steroid dienone is 1. The molecule has 0 saturated carbocycles. The highest BCUT2D eigenvalue weighted by molar-refractivity contribution is 6.40. The lowest BCUT2D eigenvalue weighted by Gasteiger charge is -2.26. The van der Waals surface area contributed by atoms with Crippen molar-refractivity contribution in [2.45, 2.75) is 111 Å². The Morgan fingerprint density at radius 1 is 0.685 bits per heavy atom. The molecule has 0 amide bonds. The predicted octanol–water partition coefficient (Wildman–Crippen LogP) is 10.4. The number of methoxy groups -OCH3 is 3. The largest absolute Gasteiger partial charge is 0.505 e. The van der Waals surface area contributed by atoms with Gasteiger partial charge in [0, 0.05) is 74.9 Å². The smallest absolute Gasteiger partial charge is 0.194 e. The molecule has 0 saturated heterocycles. The van der Waals surface area contributed by atoms with E-state index < -0.39 is 16.8 Å². The van der Waals surface area contributed by atoms with Crippen molar-refractivity contribution in [3.63, 3.8) is 0 Å². The third-order valence-electron chi connectivity index (χ3n) is 11.4. The van der Waals surface area contributed by atoms with Crippen LogP contribution in [0, 0.1) is 0 Å².